The maximum Gasteiger partial charge on any atom is 0.239 e. The summed E-state index contributed by atoms with van der Waals surface area (Å²) in [5, 5.41) is 2.11. The number of allylic oxidation sites excluding steroid dienone is 3. The van der Waals surface area contributed by atoms with Gasteiger partial charge in [-0.2, -0.15) is 0 Å². The lowest BCUT2D eigenvalue weighted by Crippen LogP contribution is -2.47. The highest BCUT2D eigenvalue weighted by molar-refractivity contribution is 7.10. The zero-order valence-electron chi connectivity index (χ0n) is 13.7. The summed E-state index contributed by atoms with van der Waals surface area (Å²) in [7, 11) is 0. The second-order valence-electron chi connectivity index (χ2n) is 4.79. The molecule has 0 saturated heterocycles. The van der Waals surface area contributed by atoms with Gasteiger partial charge in [0.05, 0.1) is 0 Å². The van der Waals surface area contributed by atoms with Crippen LogP contribution in [0, 0.1) is 0 Å². The molecule has 2 rings (SSSR count). The van der Waals surface area contributed by atoms with Crippen LogP contribution in [0.3, 0.4) is 0 Å². The molecule has 0 spiro atoms. The molecule has 1 aromatic rings. The number of primary amides is 1. The Hall–Kier alpha value is -1.65. The molecule has 0 bridgehead atoms. The molecule has 0 fully saturated rings. The SMILES string of the molecule is C=C/C(=C\C=C/C)C(C(N)=O)N1CCc2sccc2C1.CC. The predicted octanol–water partition coefficient (Wildman–Crippen LogP) is 3.67. The van der Waals surface area contributed by atoms with Crippen LogP contribution in [0.4, 0.5) is 0 Å². The van der Waals surface area contributed by atoms with Gasteiger partial charge in [0.15, 0.2) is 0 Å². The topological polar surface area (TPSA) is 46.3 Å². The maximum absolute atomic E-state index is 11.9. The van der Waals surface area contributed by atoms with Gasteiger partial charge < -0.3 is 5.73 Å². The summed E-state index contributed by atoms with van der Waals surface area (Å²) in [6, 6.07) is 1.73. The van der Waals surface area contributed by atoms with E-state index >= 15 is 0 Å². The van der Waals surface area contributed by atoms with E-state index in [1.807, 2.05) is 39.0 Å². The molecule has 1 atom stereocenters. The monoisotopic (exact) mass is 318 g/mol. The van der Waals surface area contributed by atoms with Crippen molar-refractivity contribution >= 4 is 17.2 Å². The molecule has 0 saturated carbocycles. The lowest BCUT2D eigenvalue weighted by molar-refractivity contribution is -0.122. The van der Waals surface area contributed by atoms with Crippen molar-refractivity contribution in [3.05, 3.63) is 58.3 Å². The van der Waals surface area contributed by atoms with Gasteiger partial charge in [-0.25, -0.2) is 0 Å². The van der Waals surface area contributed by atoms with Crippen LogP contribution in [0.15, 0.2) is 47.9 Å². The molecule has 1 amide bonds. The average molecular weight is 318 g/mol. The van der Waals surface area contributed by atoms with Gasteiger partial charge in [0, 0.05) is 18.0 Å². The van der Waals surface area contributed by atoms with E-state index in [1.54, 1.807) is 17.4 Å². The highest BCUT2D eigenvalue weighted by Gasteiger charge is 2.29. The summed E-state index contributed by atoms with van der Waals surface area (Å²) in [5.74, 6) is -0.320. The third-order valence-corrected chi connectivity index (χ3v) is 4.53. The quantitative estimate of drug-likeness (QED) is 0.842. The summed E-state index contributed by atoms with van der Waals surface area (Å²) in [6.45, 7) is 11.4. The lowest BCUT2D eigenvalue weighted by Gasteiger charge is -2.33. The minimum absolute atomic E-state index is 0.320. The van der Waals surface area contributed by atoms with Crippen molar-refractivity contribution in [3.8, 4) is 0 Å². The van der Waals surface area contributed by atoms with Crippen LogP contribution in [0.5, 0.6) is 0 Å². The summed E-state index contributed by atoms with van der Waals surface area (Å²) < 4.78 is 0. The first-order chi connectivity index (χ1) is 10.7. The summed E-state index contributed by atoms with van der Waals surface area (Å²) in [5.41, 5.74) is 7.78. The van der Waals surface area contributed by atoms with E-state index in [-0.39, 0.29) is 5.91 Å². The Morgan fingerprint density at radius 3 is 2.82 bits per heavy atom. The molecule has 22 heavy (non-hydrogen) atoms. The Kier molecular flexibility index (Phi) is 7.85. The van der Waals surface area contributed by atoms with Gasteiger partial charge in [-0.3, -0.25) is 9.69 Å². The summed E-state index contributed by atoms with van der Waals surface area (Å²) in [4.78, 5) is 15.4. The van der Waals surface area contributed by atoms with Gasteiger partial charge in [-0.05, 0) is 35.9 Å². The molecule has 0 radical (unpaired) electrons. The van der Waals surface area contributed by atoms with Gasteiger partial charge in [-0.1, -0.05) is 44.7 Å². The molecule has 1 unspecified atom stereocenters. The number of amides is 1. The summed E-state index contributed by atoms with van der Waals surface area (Å²) in [6.07, 6.45) is 8.44. The van der Waals surface area contributed by atoms with Gasteiger partial charge in [0.2, 0.25) is 5.91 Å². The van der Waals surface area contributed by atoms with Crippen LogP contribution in [0.1, 0.15) is 31.2 Å². The highest BCUT2D eigenvalue weighted by atomic mass is 32.1. The van der Waals surface area contributed by atoms with Gasteiger partial charge in [0.25, 0.3) is 0 Å². The average Bonchev–Trinajstić information content (AvgIpc) is 3.00. The number of thiophene rings is 1. The van der Waals surface area contributed by atoms with E-state index in [1.165, 1.54) is 10.4 Å². The molecule has 0 aliphatic carbocycles. The Balaban J connectivity index is 0.00000116. The Morgan fingerprint density at radius 1 is 1.50 bits per heavy atom. The number of hydrogen-bond donors (Lipinski definition) is 1. The number of carbonyl (C=O) groups excluding carboxylic acids is 1. The zero-order chi connectivity index (χ0) is 16.5. The zero-order valence-corrected chi connectivity index (χ0v) is 14.5. The first-order valence-corrected chi connectivity index (χ1v) is 8.59. The van der Waals surface area contributed by atoms with Gasteiger partial charge in [-0.15, -0.1) is 11.3 Å². The maximum atomic E-state index is 11.9. The first kappa shape index (κ1) is 18.4. The molecular formula is C18H26N2OS. The minimum atomic E-state index is -0.406. The van der Waals surface area contributed by atoms with Gasteiger partial charge >= 0.3 is 0 Å². The van der Waals surface area contributed by atoms with E-state index < -0.39 is 6.04 Å². The third kappa shape index (κ3) is 4.42. The molecule has 1 aliphatic heterocycles. The predicted molar refractivity (Wildman–Crippen MR) is 95.9 cm³/mol. The number of carbonyl (C=O) groups is 1. The Labute approximate surface area is 137 Å². The minimum Gasteiger partial charge on any atom is -0.368 e. The van der Waals surface area contributed by atoms with Crippen LogP contribution in [-0.2, 0) is 17.8 Å². The number of rotatable bonds is 5. The molecule has 1 aliphatic rings. The second-order valence-corrected chi connectivity index (χ2v) is 5.79. The number of nitrogens with zero attached hydrogens (tertiary/aromatic N) is 1. The molecule has 2 N–H and O–H groups in total. The van der Waals surface area contributed by atoms with Crippen molar-refractivity contribution < 1.29 is 4.79 Å². The number of hydrogen-bond acceptors (Lipinski definition) is 3. The van der Waals surface area contributed by atoms with E-state index in [2.05, 4.69) is 22.9 Å². The fourth-order valence-corrected chi connectivity index (χ4v) is 3.41. The Bertz CT molecular complexity index is 557. The second kappa shape index (κ2) is 9.38. The third-order valence-electron chi connectivity index (χ3n) is 3.50. The first-order valence-electron chi connectivity index (χ1n) is 7.71. The van der Waals surface area contributed by atoms with Crippen LogP contribution < -0.4 is 5.73 Å². The van der Waals surface area contributed by atoms with Crippen molar-refractivity contribution in [2.24, 2.45) is 5.73 Å². The van der Waals surface area contributed by atoms with Crippen LogP contribution >= 0.6 is 11.3 Å². The van der Waals surface area contributed by atoms with Crippen molar-refractivity contribution in [1.29, 1.82) is 0 Å². The van der Waals surface area contributed by atoms with Crippen molar-refractivity contribution in [2.75, 3.05) is 6.54 Å². The van der Waals surface area contributed by atoms with Gasteiger partial charge in [0.1, 0.15) is 6.04 Å². The van der Waals surface area contributed by atoms with Crippen LogP contribution in [0.25, 0.3) is 0 Å². The molecule has 120 valence electrons. The number of nitrogens with two attached hydrogens (primary N) is 1. The van der Waals surface area contributed by atoms with E-state index in [0.717, 1.165) is 25.1 Å². The molecule has 1 aromatic heterocycles. The van der Waals surface area contributed by atoms with E-state index in [4.69, 9.17) is 5.73 Å². The van der Waals surface area contributed by atoms with E-state index in [0.29, 0.717) is 0 Å². The van der Waals surface area contributed by atoms with Crippen molar-refractivity contribution in [3.63, 3.8) is 0 Å². The largest absolute Gasteiger partial charge is 0.368 e. The molecular weight excluding hydrogens is 292 g/mol. The molecule has 4 heteroatoms. The molecule has 3 nitrogen and oxygen atoms in total. The normalized spacial score (nSPS) is 16.6. The van der Waals surface area contributed by atoms with E-state index in [9.17, 15) is 4.79 Å². The fraction of sp³-hybridized carbons (Fsp3) is 0.389. The van der Waals surface area contributed by atoms with Crippen molar-refractivity contribution in [1.82, 2.24) is 4.90 Å². The summed E-state index contributed by atoms with van der Waals surface area (Å²) >= 11 is 1.79. The number of fused-ring (bicyclic) bond motifs is 1. The molecule has 0 aromatic carbocycles. The standard InChI is InChI=1S/C16H20N2OS.C2H6/c1-3-5-6-12(4-2)15(16(17)19)18-9-7-14-13(11-18)8-10-20-14;1-2/h3-6,8,10,15H,2,7,9,11H2,1H3,(H2,17,19);1-2H3/b5-3-,12-6+;. The van der Waals surface area contributed by atoms with Crippen LogP contribution in [0.2, 0.25) is 0 Å². The lowest BCUT2D eigenvalue weighted by atomic mass is 10.00. The van der Waals surface area contributed by atoms with Crippen LogP contribution in [-0.4, -0.2) is 23.4 Å². The fourth-order valence-electron chi connectivity index (χ4n) is 2.52. The molecule has 2 heterocycles. The highest BCUT2D eigenvalue weighted by Crippen LogP contribution is 2.27. The Morgan fingerprint density at radius 2 is 2.23 bits per heavy atom. The smallest absolute Gasteiger partial charge is 0.239 e. The van der Waals surface area contributed by atoms with Crippen molar-refractivity contribution in [2.45, 2.75) is 39.8 Å².